The molecule has 0 aromatic heterocycles. The van der Waals surface area contributed by atoms with Crippen molar-refractivity contribution in [3.05, 3.63) is 28.8 Å². The monoisotopic (exact) mass is 282 g/mol. The zero-order chi connectivity index (χ0) is 13.8. The van der Waals surface area contributed by atoms with Crippen LogP contribution in [0.25, 0.3) is 0 Å². The number of ether oxygens (including phenoxy) is 1. The maximum absolute atomic E-state index is 6.29. The fraction of sp³-hybridized carbons (Fsp3) is 0.600. The second kappa shape index (κ2) is 6.60. The quantitative estimate of drug-likeness (QED) is 0.922. The van der Waals surface area contributed by atoms with Crippen molar-refractivity contribution in [2.45, 2.75) is 44.8 Å². The molecule has 1 aromatic carbocycles. The minimum atomic E-state index is 0.199. The molecule has 4 heteroatoms. The van der Waals surface area contributed by atoms with E-state index in [1.54, 1.807) is 7.11 Å². The summed E-state index contributed by atoms with van der Waals surface area (Å²) in [5.41, 5.74) is 7.23. The summed E-state index contributed by atoms with van der Waals surface area (Å²) in [5, 5.41) is 0.801. The van der Waals surface area contributed by atoms with Gasteiger partial charge in [0.1, 0.15) is 5.75 Å². The van der Waals surface area contributed by atoms with Gasteiger partial charge in [0.25, 0.3) is 0 Å². The molecular formula is C15H23ClN2O. The van der Waals surface area contributed by atoms with Crippen molar-refractivity contribution < 1.29 is 4.74 Å². The molecule has 19 heavy (non-hydrogen) atoms. The highest BCUT2D eigenvalue weighted by Crippen LogP contribution is 2.27. The molecule has 2 atom stereocenters. The second-order valence-corrected chi connectivity index (χ2v) is 5.76. The lowest BCUT2D eigenvalue weighted by Crippen LogP contribution is -2.48. The van der Waals surface area contributed by atoms with Crippen molar-refractivity contribution in [3.8, 4) is 5.75 Å². The minimum Gasteiger partial charge on any atom is -0.497 e. The summed E-state index contributed by atoms with van der Waals surface area (Å²) in [7, 11) is 1.68. The minimum absolute atomic E-state index is 0.199. The highest BCUT2D eigenvalue weighted by atomic mass is 35.5. The Balaban J connectivity index is 2.14. The normalized spacial score (nSPS) is 22.2. The van der Waals surface area contributed by atoms with Crippen LogP contribution in [0.1, 0.15) is 31.7 Å². The molecule has 0 aliphatic carbocycles. The average Bonchev–Trinajstić information content (AvgIpc) is 2.41. The summed E-state index contributed by atoms with van der Waals surface area (Å²) in [6.45, 7) is 4.04. The summed E-state index contributed by atoms with van der Waals surface area (Å²) in [4.78, 5) is 2.45. The molecule has 1 fully saturated rings. The zero-order valence-electron chi connectivity index (χ0n) is 11.7. The fourth-order valence-electron chi connectivity index (χ4n) is 2.83. The predicted molar refractivity (Wildman–Crippen MR) is 79.7 cm³/mol. The first-order valence-corrected chi connectivity index (χ1v) is 7.31. The molecule has 2 rings (SSSR count). The molecule has 0 amide bonds. The van der Waals surface area contributed by atoms with Crippen LogP contribution < -0.4 is 10.5 Å². The van der Waals surface area contributed by atoms with E-state index in [1.165, 1.54) is 19.3 Å². The van der Waals surface area contributed by atoms with Gasteiger partial charge < -0.3 is 10.5 Å². The van der Waals surface area contributed by atoms with Gasteiger partial charge in [0.05, 0.1) is 7.11 Å². The van der Waals surface area contributed by atoms with E-state index in [-0.39, 0.29) is 6.04 Å². The van der Waals surface area contributed by atoms with Crippen molar-refractivity contribution in [2.24, 2.45) is 5.73 Å². The molecule has 3 nitrogen and oxygen atoms in total. The molecule has 0 bridgehead atoms. The van der Waals surface area contributed by atoms with Gasteiger partial charge in [-0.2, -0.15) is 0 Å². The van der Waals surface area contributed by atoms with Crippen molar-refractivity contribution >= 4 is 11.6 Å². The first-order chi connectivity index (χ1) is 9.11. The summed E-state index contributed by atoms with van der Waals surface area (Å²) >= 11 is 6.29. The summed E-state index contributed by atoms with van der Waals surface area (Å²) in [6, 6.07) is 6.47. The number of piperidine rings is 1. The molecular weight excluding hydrogens is 260 g/mol. The van der Waals surface area contributed by atoms with Gasteiger partial charge in [-0.3, -0.25) is 4.90 Å². The van der Waals surface area contributed by atoms with Gasteiger partial charge in [-0.05, 0) is 50.1 Å². The first-order valence-electron chi connectivity index (χ1n) is 6.94. The topological polar surface area (TPSA) is 38.5 Å². The number of nitrogens with zero attached hydrogens (tertiary/aromatic N) is 1. The van der Waals surface area contributed by atoms with Crippen molar-refractivity contribution in [2.75, 3.05) is 13.7 Å². The third kappa shape index (κ3) is 3.62. The SMILES string of the molecule is COc1ccc(Cl)c(CN2CCCCC2C(C)N)c1. The standard InChI is InChI=1S/C15H23ClN2O/c1-11(17)15-5-3-4-8-18(15)10-12-9-13(19-2)6-7-14(12)16/h6-7,9,11,15H,3-5,8,10,17H2,1-2H3. The Morgan fingerprint density at radius 2 is 2.26 bits per heavy atom. The maximum atomic E-state index is 6.29. The molecule has 2 N–H and O–H groups in total. The number of methoxy groups -OCH3 is 1. The van der Waals surface area contributed by atoms with E-state index in [2.05, 4.69) is 11.8 Å². The third-order valence-corrected chi connectivity index (χ3v) is 4.27. The lowest BCUT2D eigenvalue weighted by molar-refractivity contribution is 0.123. The van der Waals surface area contributed by atoms with Gasteiger partial charge in [-0.15, -0.1) is 0 Å². The Kier molecular flexibility index (Phi) is 5.08. The number of rotatable bonds is 4. The number of benzene rings is 1. The van der Waals surface area contributed by atoms with Gasteiger partial charge in [0.2, 0.25) is 0 Å². The molecule has 0 radical (unpaired) electrons. The van der Waals surface area contributed by atoms with Gasteiger partial charge in [0, 0.05) is 23.7 Å². The first kappa shape index (κ1) is 14.6. The van der Waals surface area contributed by atoms with Crippen LogP contribution in [-0.2, 0) is 6.54 Å². The van der Waals surface area contributed by atoms with Gasteiger partial charge in [0.15, 0.2) is 0 Å². The lowest BCUT2D eigenvalue weighted by atomic mass is 9.96. The van der Waals surface area contributed by atoms with Crippen LogP contribution >= 0.6 is 11.6 Å². The van der Waals surface area contributed by atoms with Gasteiger partial charge >= 0.3 is 0 Å². The number of halogens is 1. The van der Waals surface area contributed by atoms with Crippen molar-refractivity contribution in [3.63, 3.8) is 0 Å². The number of likely N-dealkylation sites (tertiary alicyclic amines) is 1. The van der Waals surface area contributed by atoms with Crippen LogP contribution in [0.2, 0.25) is 5.02 Å². The Labute approximate surface area is 120 Å². The smallest absolute Gasteiger partial charge is 0.119 e. The zero-order valence-corrected chi connectivity index (χ0v) is 12.5. The molecule has 106 valence electrons. The van der Waals surface area contributed by atoms with E-state index in [0.29, 0.717) is 6.04 Å². The molecule has 1 aliphatic heterocycles. The predicted octanol–water partition coefficient (Wildman–Crippen LogP) is 3.05. The molecule has 1 saturated heterocycles. The average molecular weight is 283 g/mol. The van der Waals surface area contributed by atoms with E-state index < -0.39 is 0 Å². The molecule has 1 heterocycles. The maximum Gasteiger partial charge on any atom is 0.119 e. The molecule has 0 spiro atoms. The van der Waals surface area contributed by atoms with Crippen LogP contribution in [0, 0.1) is 0 Å². The number of hydrogen-bond donors (Lipinski definition) is 1. The van der Waals surface area contributed by atoms with E-state index in [4.69, 9.17) is 22.1 Å². The summed E-state index contributed by atoms with van der Waals surface area (Å²) in [6.07, 6.45) is 3.69. The number of hydrogen-bond acceptors (Lipinski definition) is 3. The van der Waals surface area contributed by atoms with Gasteiger partial charge in [-0.1, -0.05) is 18.0 Å². The van der Waals surface area contributed by atoms with E-state index in [1.807, 2.05) is 18.2 Å². The Morgan fingerprint density at radius 3 is 2.95 bits per heavy atom. The largest absolute Gasteiger partial charge is 0.497 e. The van der Waals surface area contributed by atoms with Gasteiger partial charge in [-0.25, -0.2) is 0 Å². The van der Waals surface area contributed by atoms with Crippen LogP contribution in [0.15, 0.2) is 18.2 Å². The van der Waals surface area contributed by atoms with Crippen LogP contribution in [0.4, 0.5) is 0 Å². The molecule has 1 aromatic rings. The van der Waals surface area contributed by atoms with E-state index >= 15 is 0 Å². The Hall–Kier alpha value is -0.770. The third-order valence-electron chi connectivity index (χ3n) is 3.90. The Morgan fingerprint density at radius 1 is 1.47 bits per heavy atom. The second-order valence-electron chi connectivity index (χ2n) is 5.35. The lowest BCUT2D eigenvalue weighted by Gasteiger charge is -2.38. The number of nitrogens with two attached hydrogens (primary N) is 1. The molecule has 0 saturated carbocycles. The fourth-order valence-corrected chi connectivity index (χ4v) is 3.00. The highest BCUT2D eigenvalue weighted by Gasteiger charge is 2.25. The summed E-state index contributed by atoms with van der Waals surface area (Å²) < 4.78 is 5.27. The van der Waals surface area contributed by atoms with Crippen LogP contribution in [0.5, 0.6) is 5.75 Å². The van der Waals surface area contributed by atoms with E-state index in [9.17, 15) is 0 Å². The van der Waals surface area contributed by atoms with Crippen molar-refractivity contribution in [1.29, 1.82) is 0 Å². The van der Waals surface area contributed by atoms with E-state index in [0.717, 1.165) is 29.4 Å². The molecule has 1 aliphatic rings. The van der Waals surface area contributed by atoms with Crippen molar-refractivity contribution in [1.82, 2.24) is 4.90 Å². The summed E-state index contributed by atoms with van der Waals surface area (Å²) in [5.74, 6) is 0.855. The highest BCUT2D eigenvalue weighted by molar-refractivity contribution is 6.31. The van der Waals surface area contributed by atoms with Crippen LogP contribution in [-0.4, -0.2) is 30.6 Å². The Bertz CT molecular complexity index is 423. The van der Waals surface area contributed by atoms with Crippen LogP contribution in [0.3, 0.4) is 0 Å². The molecule has 2 unspecified atom stereocenters.